The maximum Gasteiger partial charge on any atom is 0.319 e. The first-order valence-corrected chi connectivity index (χ1v) is 11.4. The van der Waals surface area contributed by atoms with Crippen LogP contribution in [0.3, 0.4) is 0 Å². The number of piperidine rings is 1. The van der Waals surface area contributed by atoms with Crippen LogP contribution in [0.2, 0.25) is 0 Å². The van der Waals surface area contributed by atoms with Gasteiger partial charge in [-0.25, -0.2) is 4.79 Å². The predicted molar refractivity (Wildman–Crippen MR) is 123 cm³/mol. The molecule has 2 fully saturated rings. The van der Waals surface area contributed by atoms with Crippen molar-refractivity contribution in [2.45, 2.75) is 50.7 Å². The van der Waals surface area contributed by atoms with Gasteiger partial charge in [0.15, 0.2) is 11.5 Å². The maximum absolute atomic E-state index is 13.0. The number of benzene rings is 2. The van der Waals surface area contributed by atoms with Crippen LogP contribution in [0.1, 0.15) is 48.9 Å². The number of anilines is 1. The van der Waals surface area contributed by atoms with Crippen LogP contribution in [-0.2, 0) is 0 Å². The second-order valence-electron chi connectivity index (χ2n) is 8.42. The number of hydrogen-bond acceptors (Lipinski definition) is 4. The Kier molecular flexibility index (Phi) is 7.14. The molecule has 1 aliphatic carbocycles. The van der Waals surface area contributed by atoms with E-state index in [-0.39, 0.29) is 24.1 Å². The number of nitrogens with zero attached hydrogens (tertiary/aromatic N) is 1. The fourth-order valence-corrected chi connectivity index (χ4v) is 4.37. The Labute approximate surface area is 189 Å². The molecule has 32 heavy (non-hydrogen) atoms. The number of para-hydroxylation sites is 1. The molecule has 0 atom stereocenters. The molecule has 2 aromatic rings. The van der Waals surface area contributed by atoms with E-state index in [0.717, 1.165) is 18.5 Å². The zero-order chi connectivity index (χ0) is 22.3. The van der Waals surface area contributed by atoms with E-state index in [1.165, 1.54) is 12.8 Å². The average molecular weight is 438 g/mol. The van der Waals surface area contributed by atoms with Crippen LogP contribution in [0.4, 0.5) is 10.5 Å². The molecule has 3 amide bonds. The lowest BCUT2D eigenvalue weighted by molar-refractivity contribution is 0.0708. The fourth-order valence-electron chi connectivity index (χ4n) is 4.37. The number of carbonyl (C=O) groups is 2. The molecule has 2 N–H and O–H groups in total. The summed E-state index contributed by atoms with van der Waals surface area (Å²) in [5, 5.41) is 5.84. The van der Waals surface area contributed by atoms with Crippen molar-refractivity contribution in [3.63, 3.8) is 0 Å². The van der Waals surface area contributed by atoms with Gasteiger partial charge in [-0.1, -0.05) is 18.2 Å². The summed E-state index contributed by atoms with van der Waals surface area (Å²) in [7, 11) is 1.60. The largest absolute Gasteiger partial charge is 0.493 e. The van der Waals surface area contributed by atoms with E-state index in [2.05, 4.69) is 10.6 Å². The number of likely N-dealkylation sites (tertiary alicyclic amines) is 1. The third-order valence-corrected chi connectivity index (χ3v) is 6.16. The summed E-state index contributed by atoms with van der Waals surface area (Å²) in [6, 6.07) is 14.6. The van der Waals surface area contributed by atoms with Crippen molar-refractivity contribution in [2.24, 2.45) is 0 Å². The number of carbonyl (C=O) groups excluding carboxylic acids is 2. The normalized spacial score (nSPS) is 17.1. The molecule has 0 aromatic heterocycles. The minimum atomic E-state index is -0.219. The Hall–Kier alpha value is -3.22. The number of hydrogen-bond donors (Lipinski definition) is 2. The van der Waals surface area contributed by atoms with E-state index in [1.54, 1.807) is 13.2 Å². The van der Waals surface area contributed by atoms with Gasteiger partial charge < -0.3 is 25.0 Å². The average Bonchev–Trinajstić information content (AvgIpc) is 3.33. The minimum Gasteiger partial charge on any atom is -0.493 e. The highest BCUT2D eigenvalue weighted by Crippen LogP contribution is 2.33. The van der Waals surface area contributed by atoms with Gasteiger partial charge in [-0.15, -0.1) is 0 Å². The van der Waals surface area contributed by atoms with Crippen LogP contribution in [0.5, 0.6) is 11.5 Å². The Bertz CT molecular complexity index is 920. The number of nitrogens with one attached hydrogen (secondary N) is 2. The van der Waals surface area contributed by atoms with E-state index >= 15 is 0 Å². The molecule has 7 nitrogen and oxygen atoms in total. The number of ether oxygens (including phenoxy) is 2. The number of methoxy groups -OCH3 is 1. The van der Waals surface area contributed by atoms with Crippen molar-refractivity contribution < 1.29 is 19.1 Å². The molecular formula is C25H31N3O4. The molecule has 2 aromatic carbocycles. The van der Waals surface area contributed by atoms with Gasteiger partial charge >= 0.3 is 6.03 Å². The predicted octanol–water partition coefficient (Wildman–Crippen LogP) is 4.44. The van der Waals surface area contributed by atoms with Crippen molar-refractivity contribution >= 4 is 17.6 Å². The van der Waals surface area contributed by atoms with Gasteiger partial charge in [0.25, 0.3) is 5.91 Å². The van der Waals surface area contributed by atoms with Gasteiger partial charge in [0.1, 0.15) is 0 Å². The second-order valence-corrected chi connectivity index (χ2v) is 8.42. The second kappa shape index (κ2) is 10.4. The van der Waals surface area contributed by atoms with Crippen LogP contribution in [0.15, 0.2) is 48.5 Å². The van der Waals surface area contributed by atoms with Crippen molar-refractivity contribution in [1.29, 1.82) is 0 Å². The van der Waals surface area contributed by atoms with E-state index in [1.807, 2.05) is 47.4 Å². The highest BCUT2D eigenvalue weighted by Gasteiger charge is 2.26. The summed E-state index contributed by atoms with van der Waals surface area (Å²) in [4.78, 5) is 27.1. The molecule has 170 valence electrons. The molecule has 2 aliphatic rings. The van der Waals surface area contributed by atoms with E-state index < -0.39 is 0 Å². The quantitative estimate of drug-likeness (QED) is 0.700. The van der Waals surface area contributed by atoms with Crippen molar-refractivity contribution in [3.8, 4) is 11.5 Å². The van der Waals surface area contributed by atoms with Crippen molar-refractivity contribution in [3.05, 3.63) is 54.1 Å². The Balaban J connectivity index is 1.29. The summed E-state index contributed by atoms with van der Waals surface area (Å²) >= 11 is 0. The molecule has 0 bridgehead atoms. The third-order valence-electron chi connectivity index (χ3n) is 6.16. The van der Waals surface area contributed by atoms with Gasteiger partial charge in [0.05, 0.1) is 13.2 Å². The summed E-state index contributed by atoms with van der Waals surface area (Å²) in [6.07, 6.45) is 6.19. The molecular weight excluding hydrogens is 406 g/mol. The van der Waals surface area contributed by atoms with Gasteiger partial charge in [-0.2, -0.15) is 0 Å². The SMILES string of the molecule is COc1cc(C(=O)N2CCC(NC(=O)Nc3ccccc3)CC2)ccc1OC1CCCC1. The Morgan fingerprint density at radius 1 is 0.938 bits per heavy atom. The summed E-state index contributed by atoms with van der Waals surface area (Å²) in [6.45, 7) is 1.19. The van der Waals surface area contributed by atoms with Crippen molar-refractivity contribution in [1.82, 2.24) is 10.2 Å². The third kappa shape index (κ3) is 5.52. The van der Waals surface area contributed by atoms with Crippen LogP contribution < -0.4 is 20.1 Å². The zero-order valence-electron chi connectivity index (χ0n) is 18.5. The summed E-state index contributed by atoms with van der Waals surface area (Å²) in [5.74, 6) is 1.27. The molecule has 7 heteroatoms. The number of rotatable bonds is 6. The molecule has 0 spiro atoms. The van der Waals surface area contributed by atoms with E-state index in [0.29, 0.717) is 43.0 Å². The lowest BCUT2D eigenvalue weighted by Gasteiger charge is -2.32. The standard InChI is InChI=1S/C25H31N3O4/c1-31-23-17-18(11-12-22(23)32-21-9-5-6-10-21)24(29)28-15-13-20(14-16-28)27-25(30)26-19-7-3-2-4-8-19/h2-4,7-8,11-12,17,20-21H,5-6,9-10,13-16H2,1H3,(H2,26,27,30). The first kappa shape index (κ1) is 22.0. The molecule has 0 radical (unpaired) electrons. The molecule has 0 unspecified atom stereocenters. The van der Waals surface area contributed by atoms with Crippen LogP contribution in [0, 0.1) is 0 Å². The molecule has 1 saturated heterocycles. The summed E-state index contributed by atoms with van der Waals surface area (Å²) < 4.78 is 11.6. The zero-order valence-corrected chi connectivity index (χ0v) is 18.5. The lowest BCUT2D eigenvalue weighted by atomic mass is 10.0. The van der Waals surface area contributed by atoms with Crippen LogP contribution in [0.25, 0.3) is 0 Å². The van der Waals surface area contributed by atoms with Gasteiger partial charge in [-0.05, 0) is 68.9 Å². The Morgan fingerprint density at radius 2 is 1.66 bits per heavy atom. The number of amides is 3. The van der Waals surface area contributed by atoms with Gasteiger partial charge in [-0.3, -0.25) is 4.79 Å². The topological polar surface area (TPSA) is 79.9 Å². The van der Waals surface area contributed by atoms with Crippen LogP contribution >= 0.6 is 0 Å². The van der Waals surface area contributed by atoms with Crippen molar-refractivity contribution in [2.75, 3.05) is 25.5 Å². The highest BCUT2D eigenvalue weighted by molar-refractivity contribution is 5.95. The highest BCUT2D eigenvalue weighted by atomic mass is 16.5. The van der Waals surface area contributed by atoms with E-state index in [9.17, 15) is 9.59 Å². The monoisotopic (exact) mass is 437 g/mol. The number of urea groups is 1. The Morgan fingerprint density at radius 3 is 2.34 bits per heavy atom. The molecule has 4 rings (SSSR count). The first-order chi connectivity index (χ1) is 15.6. The smallest absolute Gasteiger partial charge is 0.319 e. The van der Waals surface area contributed by atoms with Gasteiger partial charge in [0, 0.05) is 30.4 Å². The summed E-state index contributed by atoms with van der Waals surface area (Å²) in [5.41, 5.74) is 1.35. The molecule has 1 aliphatic heterocycles. The van der Waals surface area contributed by atoms with Gasteiger partial charge in [0.2, 0.25) is 0 Å². The van der Waals surface area contributed by atoms with Crippen LogP contribution in [-0.4, -0.2) is 49.2 Å². The molecule has 1 saturated carbocycles. The molecule has 1 heterocycles. The lowest BCUT2D eigenvalue weighted by Crippen LogP contribution is -2.47. The minimum absolute atomic E-state index is 0.0251. The fraction of sp³-hybridized carbons (Fsp3) is 0.440. The van der Waals surface area contributed by atoms with E-state index in [4.69, 9.17) is 9.47 Å². The maximum atomic E-state index is 13.0. The first-order valence-electron chi connectivity index (χ1n) is 11.4.